The Morgan fingerprint density at radius 1 is 1.56 bits per heavy atom. The molecule has 1 aromatic heterocycles. The highest BCUT2D eigenvalue weighted by molar-refractivity contribution is 14.1. The second-order valence-corrected chi connectivity index (χ2v) is 4.51. The average Bonchev–Trinajstić information content (AvgIpc) is 2.76. The van der Waals surface area contributed by atoms with E-state index in [-0.39, 0.29) is 11.4 Å². The van der Waals surface area contributed by atoms with Gasteiger partial charge in [0.1, 0.15) is 23.3 Å². The van der Waals surface area contributed by atoms with E-state index < -0.39 is 11.7 Å². The molecule has 0 radical (unpaired) electrons. The monoisotopic (exact) mass is 356 g/mol. The first-order chi connectivity index (χ1) is 8.61. The maximum absolute atomic E-state index is 12.9. The summed E-state index contributed by atoms with van der Waals surface area (Å²) < 4.78 is 13.4. The maximum Gasteiger partial charge on any atom is 0.257 e. The number of hydrogen-bond acceptors (Lipinski definition) is 3. The van der Waals surface area contributed by atoms with E-state index >= 15 is 0 Å². The van der Waals surface area contributed by atoms with Gasteiger partial charge in [0, 0.05) is 3.57 Å². The number of carbonyl (C=O) groups excluding carboxylic acids is 1. The topological polar surface area (TPSA) is 81.6 Å². The summed E-state index contributed by atoms with van der Waals surface area (Å²) in [6, 6.07) is 5.73. The molecule has 5 nitrogen and oxygen atoms in total. The zero-order chi connectivity index (χ0) is 13.1. The fourth-order valence-corrected chi connectivity index (χ4v) is 2.04. The highest BCUT2D eigenvalue weighted by atomic mass is 127. The van der Waals surface area contributed by atoms with Crippen molar-refractivity contribution in [1.29, 1.82) is 5.26 Å². The van der Waals surface area contributed by atoms with Gasteiger partial charge in [0.05, 0.1) is 11.8 Å². The molecule has 1 amide bonds. The van der Waals surface area contributed by atoms with Gasteiger partial charge in [-0.25, -0.2) is 4.39 Å². The largest absolute Gasteiger partial charge is 0.306 e. The van der Waals surface area contributed by atoms with Gasteiger partial charge in [-0.05, 0) is 40.8 Å². The lowest BCUT2D eigenvalue weighted by Gasteiger charge is -2.05. The Hall–Kier alpha value is -1.95. The minimum atomic E-state index is -0.430. The first-order valence-corrected chi connectivity index (χ1v) is 5.89. The number of rotatable bonds is 2. The van der Waals surface area contributed by atoms with Crippen molar-refractivity contribution >= 4 is 34.3 Å². The Bertz CT molecular complexity index is 647. The van der Waals surface area contributed by atoms with Crippen LogP contribution in [0.5, 0.6) is 0 Å². The fourth-order valence-electron chi connectivity index (χ4n) is 1.32. The molecule has 1 aromatic carbocycles. The molecule has 90 valence electrons. The molecule has 2 N–H and O–H groups in total. The SMILES string of the molecule is N#Cc1cn[nH]c1NC(=O)c1ccc(F)cc1I. The van der Waals surface area contributed by atoms with Gasteiger partial charge in [-0.1, -0.05) is 0 Å². The number of aromatic nitrogens is 2. The van der Waals surface area contributed by atoms with Crippen LogP contribution in [0.4, 0.5) is 10.2 Å². The second-order valence-electron chi connectivity index (χ2n) is 3.35. The quantitative estimate of drug-likeness (QED) is 0.810. The Morgan fingerprint density at radius 3 is 3.00 bits per heavy atom. The van der Waals surface area contributed by atoms with Crippen LogP contribution in [0.2, 0.25) is 0 Å². The third-order valence-corrected chi connectivity index (χ3v) is 3.07. The highest BCUT2D eigenvalue weighted by Crippen LogP contribution is 2.16. The van der Waals surface area contributed by atoms with E-state index in [1.165, 1.54) is 24.4 Å². The number of anilines is 1. The summed E-state index contributed by atoms with van der Waals surface area (Å²) >= 11 is 1.87. The number of aromatic amines is 1. The lowest BCUT2D eigenvalue weighted by atomic mass is 10.2. The molecule has 0 saturated carbocycles. The number of H-pyrrole nitrogens is 1. The Balaban J connectivity index is 2.25. The van der Waals surface area contributed by atoms with Crippen LogP contribution in [0.1, 0.15) is 15.9 Å². The van der Waals surface area contributed by atoms with Gasteiger partial charge in [-0.3, -0.25) is 9.89 Å². The maximum atomic E-state index is 12.9. The molecule has 0 unspecified atom stereocenters. The summed E-state index contributed by atoms with van der Waals surface area (Å²) in [5.74, 6) is -0.613. The first-order valence-electron chi connectivity index (χ1n) is 4.81. The van der Waals surface area contributed by atoms with Gasteiger partial charge < -0.3 is 5.32 Å². The average molecular weight is 356 g/mol. The molecule has 1 heterocycles. The van der Waals surface area contributed by atoms with Gasteiger partial charge in [0.15, 0.2) is 0 Å². The second kappa shape index (κ2) is 5.14. The molecule has 0 fully saturated rings. The summed E-state index contributed by atoms with van der Waals surface area (Å²) in [7, 11) is 0. The molecular formula is C11H6FIN4O. The van der Waals surface area contributed by atoms with E-state index in [2.05, 4.69) is 15.5 Å². The smallest absolute Gasteiger partial charge is 0.257 e. The highest BCUT2D eigenvalue weighted by Gasteiger charge is 2.13. The van der Waals surface area contributed by atoms with Crippen LogP contribution in [0.15, 0.2) is 24.4 Å². The van der Waals surface area contributed by atoms with Crippen LogP contribution in [0.25, 0.3) is 0 Å². The van der Waals surface area contributed by atoms with E-state index in [9.17, 15) is 9.18 Å². The number of amides is 1. The van der Waals surface area contributed by atoms with Crippen molar-refractivity contribution < 1.29 is 9.18 Å². The number of hydrogen-bond donors (Lipinski definition) is 2. The molecule has 0 spiro atoms. The Labute approximate surface area is 115 Å². The molecule has 0 bridgehead atoms. The van der Waals surface area contributed by atoms with Crippen molar-refractivity contribution in [3.05, 3.63) is 44.9 Å². The van der Waals surface area contributed by atoms with Crippen LogP contribution >= 0.6 is 22.6 Å². The van der Waals surface area contributed by atoms with E-state index in [0.717, 1.165) is 0 Å². The minimum Gasteiger partial charge on any atom is -0.306 e. The number of benzene rings is 1. The van der Waals surface area contributed by atoms with Gasteiger partial charge in [-0.15, -0.1) is 0 Å². The third kappa shape index (κ3) is 2.48. The van der Waals surface area contributed by atoms with Crippen molar-refractivity contribution in [1.82, 2.24) is 10.2 Å². The Morgan fingerprint density at radius 2 is 2.33 bits per heavy atom. The molecule has 0 aliphatic carbocycles. The molecule has 2 aromatic rings. The van der Waals surface area contributed by atoms with Gasteiger partial charge in [0.2, 0.25) is 0 Å². The van der Waals surface area contributed by atoms with Crippen molar-refractivity contribution in [2.24, 2.45) is 0 Å². The van der Waals surface area contributed by atoms with Gasteiger partial charge in [-0.2, -0.15) is 10.4 Å². The molecule has 0 aliphatic rings. The van der Waals surface area contributed by atoms with Crippen LogP contribution in [0, 0.1) is 20.7 Å². The summed E-state index contributed by atoms with van der Waals surface area (Å²) in [5, 5.41) is 17.4. The first kappa shape index (κ1) is 12.5. The number of nitriles is 1. The van der Waals surface area contributed by atoms with Crippen molar-refractivity contribution in [2.45, 2.75) is 0 Å². The minimum absolute atomic E-state index is 0.225. The van der Waals surface area contributed by atoms with E-state index in [0.29, 0.717) is 9.13 Å². The predicted octanol–water partition coefficient (Wildman–Crippen LogP) is 2.28. The Kier molecular flexibility index (Phi) is 3.57. The van der Waals surface area contributed by atoms with Crippen LogP contribution in [-0.4, -0.2) is 16.1 Å². The zero-order valence-electron chi connectivity index (χ0n) is 8.87. The summed E-state index contributed by atoms with van der Waals surface area (Å²) in [6.45, 7) is 0. The van der Waals surface area contributed by atoms with Crippen molar-refractivity contribution in [3.8, 4) is 6.07 Å². The molecule has 2 rings (SSSR count). The van der Waals surface area contributed by atoms with E-state index in [1.54, 1.807) is 0 Å². The number of nitrogens with zero attached hydrogens (tertiary/aromatic N) is 2. The van der Waals surface area contributed by atoms with Crippen molar-refractivity contribution in [3.63, 3.8) is 0 Å². The summed E-state index contributed by atoms with van der Waals surface area (Å²) in [5.41, 5.74) is 0.566. The van der Waals surface area contributed by atoms with Crippen LogP contribution < -0.4 is 5.32 Å². The molecule has 18 heavy (non-hydrogen) atoms. The molecule has 0 atom stereocenters. The van der Waals surface area contributed by atoms with Crippen LogP contribution in [-0.2, 0) is 0 Å². The number of carbonyl (C=O) groups is 1. The van der Waals surface area contributed by atoms with E-state index in [4.69, 9.17) is 5.26 Å². The predicted molar refractivity (Wildman–Crippen MR) is 70.4 cm³/mol. The summed E-state index contributed by atoms with van der Waals surface area (Å²) in [4.78, 5) is 11.9. The lowest BCUT2D eigenvalue weighted by Crippen LogP contribution is -2.14. The lowest BCUT2D eigenvalue weighted by molar-refractivity contribution is 0.102. The van der Waals surface area contributed by atoms with Gasteiger partial charge in [0.25, 0.3) is 5.91 Å². The van der Waals surface area contributed by atoms with Gasteiger partial charge >= 0.3 is 0 Å². The molecule has 0 saturated heterocycles. The van der Waals surface area contributed by atoms with E-state index in [1.807, 2.05) is 28.7 Å². The molecular weight excluding hydrogens is 350 g/mol. The standard InChI is InChI=1S/C11H6FIN4O/c12-7-1-2-8(9(13)3-7)11(18)16-10-6(4-14)5-15-17-10/h1-3,5H,(H2,15,16,17,18). The summed E-state index contributed by atoms with van der Waals surface area (Å²) in [6.07, 6.45) is 1.31. The third-order valence-electron chi connectivity index (χ3n) is 2.17. The van der Waals surface area contributed by atoms with Crippen LogP contribution in [0.3, 0.4) is 0 Å². The van der Waals surface area contributed by atoms with Crippen molar-refractivity contribution in [2.75, 3.05) is 5.32 Å². The zero-order valence-corrected chi connectivity index (χ0v) is 11.0. The fraction of sp³-hybridized carbons (Fsp3) is 0. The molecule has 0 aliphatic heterocycles. The number of nitrogens with one attached hydrogen (secondary N) is 2. The number of halogens is 2. The normalized spacial score (nSPS) is 9.83. The molecule has 7 heteroatoms.